The van der Waals surface area contributed by atoms with Gasteiger partial charge in [0.15, 0.2) is 17.5 Å². The number of rotatable bonds is 8. The van der Waals surface area contributed by atoms with Crippen LogP contribution in [0.15, 0.2) is 58.1 Å². The van der Waals surface area contributed by atoms with Crippen LogP contribution in [-0.4, -0.2) is 63.3 Å². The molecule has 0 aliphatic heterocycles. The van der Waals surface area contributed by atoms with Crippen LogP contribution < -0.4 is 25.8 Å². The predicted octanol–water partition coefficient (Wildman–Crippen LogP) is 2.04. The van der Waals surface area contributed by atoms with Gasteiger partial charge in [0.25, 0.3) is 0 Å². The summed E-state index contributed by atoms with van der Waals surface area (Å²) in [7, 11) is 4.81. The van der Waals surface area contributed by atoms with Crippen molar-refractivity contribution in [3.8, 4) is 11.5 Å². The van der Waals surface area contributed by atoms with Crippen LogP contribution in [0.2, 0.25) is 0 Å². The fraction of sp³-hybridized carbons (Fsp3) is 0.400. The Labute approximate surface area is 201 Å². The smallest absolute Gasteiger partial charge is 0.246 e. The molecule has 9 nitrogen and oxygen atoms in total. The summed E-state index contributed by atoms with van der Waals surface area (Å²) in [4.78, 5) is 21.1. The van der Waals surface area contributed by atoms with E-state index in [0.717, 1.165) is 17.6 Å². The molecule has 2 rings (SSSR count). The van der Waals surface area contributed by atoms with Gasteiger partial charge >= 0.3 is 0 Å². The molecule has 1 aromatic rings. The van der Waals surface area contributed by atoms with Crippen molar-refractivity contribution in [3.05, 3.63) is 53.6 Å². The molecule has 184 valence electrons. The van der Waals surface area contributed by atoms with Crippen molar-refractivity contribution >= 4 is 23.8 Å². The average molecular weight is 470 g/mol. The number of aliphatic hydroxyl groups is 1. The third-order valence-corrected chi connectivity index (χ3v) is 5.23. The Bertz CT molecular complexity index is 982. The maximum Gasteiger partial charge on any atom is 0.246 e. The van der Waals surface area contributed by atoms with Crippen molar-refractivity contribution in [2.75, 3.05) is 34.4 Å². The van der Waals surface area contributed by atoms with E-state index >= 15 is 0 Å². The summed E-state index contributed by atoms with van der Waals surface area (Å²) in [6, 6.07) is 5.37. The second-order valence-electron chi connectivity index (χ2n) is 7.68. The number of nitrogens with zero attached hydrogens (tertiary/aromatic N) is 2. The highest BCUT2D eigenvalue weighted by atomic mass is 16.5. The molecule has 0 saturated carbocycles. The van der Waals surface area contributed by atoms with E-state index in [4.69, 9.17) is 25.3 Å². The van der Waals surface area contributed by atoms with Gasteiger partial charge in [-0.15, -0.1) is 0 Å². The molecule has 1 aliphatic carbocycles. The standard InChI is InChI=1S/C25H35N5O4/c1-17-6-5-7-19(10-11-20(17)24(32)27-2)29-23(30-25(26)28-14-15-31)13-9-18-8-12-21(33-3)22(16-18)34-4/h5,7-9,11-13,16-17,19,31H,6,10,14-15H2,1-4H3,(H,27,32)(H3,26,28,29,30)/b7-5+,13-9+,20-11+. The Morgan fingerprint density at radius 3 is 2.71 bits per heavy atom. The molecule has 1 aliphatic rings. The first-order chi connectivity index (χ1) is 16.4. The number of allylic oxidation sites excluding steroid dienone is 1. The number of aliphatic imine (C=N–C) groups is 2. The number of amidine groups is 1. The molecule has 0 heterocycles. The molecule has 2 unspecified atom stereocenters. The van der Waals surface area contributed by atoms with Crippen molar-refractivity contribution in [2.45, 2.75) is 25.8 Å². The highest BCUT2D eigenvalue weighted by molar-refractivity contribution is 6.06. The third kappa shape index (κ3) is 8.08. The molecule has 0 fully saturated rings. The van der Waals surface area contributed by atoms with Crippen LogP contribution in [0.25, 0.3) is 6.08 Å². The third-order valence-electron chi connectivity index (χ3n) is 5.23. The van der Waals surface area contributed by atoms with Gasteiger partial charge in [0.1, 0.15) is 5.84 Å². The zero-order chi connectivity index (χ0) is 24.9. The number of amides is 1. The maximum atomic E-state index is 12.2. The first-order valence-electron chi connectivity index (χ1n) is 11.2. The van der Waals surface area contributed by atoms with Gasteiger partial charge in [0.2, 0.25) is 5.91 Å². The van der Waals surface area contributed by atoms with Crippen molar-refractivity contribution < 1.29 is 19.4 Å². The maximum absolute atomic E-state index is 12.2. The number of benzene rings is 1. The first kappa shape index (κ1) is 26.7. The fourth-order valence-electron chi connectivity index (χ4n) is 3.42. The van der Waals surface area contributed by atoms with E-state index in [2.05, 4.69) is 15.6 Å². The molecule has 0 spiro atoms. The zero-order valence-electron chi connectivity index (χ0n) is 20.2. The number of nitrogens with two attached hydrogens (primary N) is 1. The largest absolute Gasteiger partial charge is 0.493 e. The molecule has 0 aromatic heterocycles. The van der Waals surface area contributed by atoms with Crippen molar-refractivity contribution in [1.82, 2.24) is 10.6 Å². The lowest BCUT2D eigenvalue weighted by atomic mass is 9.92. The minimum Gasteiger partial charge on any atom is -0.493 e. The van der Waals surface area contributed by atoms with Crippen LogP contribution in [0.1, 0.15) is 25.3 Å². The van der Waals surface area contributed by atoms with Gasteiger partial charge in [-0.2, -0.15) is 0 Å². The number of carbonyl (C=O) groups is 1. The predicted molar refractivity (Wildman–Crippen MR) is 136 cm³/mol. The number of hydrogen-bond acceptors (Lipinski definition) is 6. The summed E-state index contributed by atoms with van der Waals surface area (Å²) >= 11 is 0. The van der Waals surface area contributed by atoms with Gasteiger partial charge in [0.05, 0.1) is 33.4 Å². The lowest BCUT2D eigenvalue weighted by molar-refractivity contribution is -0.117. The number of nitrogens with one attached hydrogen (secondary N) is 2. The number of aliphatic hydroxyl groups excluding tert-OH is 1. The molecule has 34 heavy (non-hydrogen) atoms. The molecule has 0 radical (unpaired) electrons. The second kappa shape index (κ2) is 13.8. The Kier molecular flexibility index (Phi) is 10.9. The SMILES string of the molecule is CNC(=O)/C1=C/CC(N=C(/C=C/c2ccc(OC)c(OC)c2)NC(N)=NCCO)/C=C/CC1C. The number of guanidine groups is 1. The molecule has 0 bridgehead atoms. The zero-order valence-corrected chi connectivity index (χ0v) is 20.2. The number of hydrogen-bond donors (Lipinski definition) is 4. The Balaban J connectivity index is 2.34. The molecule has 1 aromatic carbocycles. The number of ether oxygens (including phenoxy) is 2. The van der Waals surface area contributed by atoms with E-state index in [0.29, 0.717) is 23.8 Å². The number of carbonyl (C=O) groups excluding carboxylic acids is 1. The molecular formula is C25H35N5O4. The molecular weight excluding hydrogens is 434 g/mol. The normalized spacial score (nSPS) is 21.7. The van der Waals surface area contributed by atoms with Gasteiger partial charge in [-0.25, -0.2) is 0 Å². The molecule has 5 N–H and O–H groups in total. The van der Waals surface area contributed by atoms with E-state index in [1.807, 2.05) is 49.4 Å². The highest BCUT2D eigenvalue weighted by Crippen LogP contribution is 2.28. The van der Waals surface area contributed by atoms with Crippen molar-refractivity contribution in [3.63, 3.8) is 0 Å². The van der Waals surface area contributed by atoms with Gasteiger partial charge in [-0.1, -0.05) is 37.3 Å². The van der Waals surface area contributed by atoms with Crippen LogP contribution in [0.3, 0.4) is 0 Å². The van der Waals surface area contributed by atoms with E-state index in [1.54, 1.807) is 27.3 Å². The minimum absolute atomic E-state index is 0.0717. The van der Waals surface area contributed by atoms with Crippen LogP contribution in [0.5, 0.6) is 11.5 Å². The molecule has 9 heteroatoms. The topological polar surface area (TPSA) is 131 Å². The van der Waals surface area contributed by atoms with Gasteiger partial charge in [-0.3, -0.25) is 14.8 Å². The van der Waals surface area contributed by atoms with Crippen LogP contribution >= 0.6 is 0 Å². The van der Waals surface area contributed by atoms with Crippen LogP contribution in [-0.2, 0) is 4.79 Å². The van der Waals surface area contributed by atoms with Crippen molar-refractivity contribution in [1.29, 1.82) is 0 Å². The lowest BCUT2D eigenvalue weighted by Crippen LogP contribution is -2.37. The summed E-state index contributed by atoms with van der Waals surface area (Å²) in [6.45, 7) is 2.12. The van der Waals surface area contributed by atoms with E-state index in [9.17, 15) is 4.79 Å². The fourth-order valence-corrected chi connectivity index (χ4v) is 3.42. The van der Waals surface area contributed by atoms with E-state index < -0.39 is 0 Å². The number of likely N-dealkylation sites (N-methyl/N-ethyl adjacent to an activating group) is 1. The monoisotopic (exact) mass is 469 g/mol. The average Bonchev–Trinajstić information content (AvgIpc) is 2.84. The summed E-state index contributed by atoms with van der Waals surface area (Å²) in [5.41, 5.74) is 7.60. The summed E-state index contributed by atoms with van der Waals surface area (Å²) in [5.74, 6) is 1.95. The summed E-state index contributed by atoms with van der Waals surface area (Å²) < 4.78 is 10.7. The lowest BCUT2D eigenvalue weighted by Gasteiger charge is -2.18. The van der Waals surface area contributed by atoms with E-state index in [1.165, 1.54) is 0 Å². The Morgan fingerprint density at radius 2 is 2.03 bits per heavy atom. The number of methoxy groups -OCH3 is 2. The minimum atomic E-state index is -0.199. The molecule has 0 saturated heterocycles. The molecule has 2 atom stereocenters. The molecule has 1 amide bonds. The van der Waals surface area contributed by atoms with Gasteiger partial charge in [0, 0.05) is 12.6 Å². The Morgan fingerprint density at radius 1 is 1.26 bits per heavy atom. The van der Waals surface area contributed by atoms with E-state index in [-0.39, 0.29) is 37.0 Å². The Hall–Kier alpha value is -3.59. The summed E-state index contributed by atoms with van der Waals surface area (Å²) in [5, 5.41) is 14.7. The first-order valence-corrected chi connectivity index (χ1v) is 11.2. The van der Waals surface area contributed by atoms with Gasteiger partial charge < -0.3 is 30.9 Å². The van der Waals surface area contributed by atoms with Crippen molar-refractivity contribution in [2.24, 2.45) is 21.6 Å². The van der Waals surface area contributed by atoms with Crippen LogP contribution in [0.4, 0.5) is 0 Å². The second-order valence-corrected chi connectivity index (χ2v) is 7.68. The quantitative estimate of drug-likeness (QED) is 0.262. The van der Waals surface area contributed by atoms with Crippen LogP contribution in [0, 0.1) is 5.92 Å². The van der Waals surface area contributed by atoms with Gasteiger partial charge in [-0.05, 0) is 42.5 Å². The summed E-state index contributed by atoms with van der Waals surface area (Å²) in [6.07, 6.45) is 11.0. The highest BCUT2D eigenvalue weighted by Gasteiger charge is 2.17.